The lowest BCUT2D eigenvalue weighted by molar-refractivity contribution is -0.141. The lowest BCUT2D eigenvalue weighted by Crippen LogP contribution is -2.20. The van der Waals surface area contributed by atoms with E-state index >= 15 is 0 Å². The number of amides is 1. The maximum atomic E-state index is 12.4. The van der Waals surface area contributed by atoms with Crippen LogP contribution < -0.4 is 5.32 Å². The number of nitrogens with zero attached hydrogens (tertiary/aromatic N) is 3. The first-order valence-corrected chi connectivity index (χ1v) is 5.84. The number of hydrogen-bond acceptors (Lipinski definition) is 3. The SMILES string of the molecule is O=C(O)NCc1cn(Cc2ccc(C(F)(F)F)nc2)cn1. The molecule has 1 amide bonds. The molecule has 2 N–H and O–H groups in total. The third-order valence-electron chi connectivity index (χ3n) is 2.59. The summed E-state index contributed by atoms with van der Waals surface area (Å²) in [5.74, 6) is 0. The van der Waals surface area contributed by atoms with Crippen LogP contribution in [0, 0.1) is 0 Å². The zero-order valence-corrected chi connectivity index (χ0v) is 10.6. The molecular weight excluding hydrogens is 289 g/mol. The molecule has 0 aliphatic carbocycles. The van der Waals surface area contributed by atoms with Crippen LogP contribution in [0.3, 0.4) is 0 Å². The van der Waals surface area contributed by atoms with Crippen molar-refractivity contribution < 1.29 is 23.1 Å². The van der Waals surface area contributed by atoms with E-state index < -0.39 is 18.0 Å². The van der Waals surface area contributed by atoms with Crippen molar-refractivity contribution in [2.24, 2.45) is 0 Å². The van der Waals surface area contributed by atoms with Crippen molar-refractivity contribution in [2.75, 3.05) is 0 Å². The molecule has 0 atom stereocenters. The fraction of sp³-hybridized carbons (Fsp3) is 0.250. The van der Waals surface area contributed by atoms with E-state index in [0.717, 1.165) is 12.3 Å². The van der Waals surface area contributed by atoms with Crippen LogP contribution in [-0.4, -0.2) is 25.7 Å². The van der Waals surface area contributed by atoms with Gasteiger partial charge in [0, 0.05) is 12.4 Å². The molecule has 0 bridgehead atoms. The molecule has 21 heavy (non-hydrogen) atoms. The summed E-state index contributed by atoms with van der Waals surface area (Å²) in [6.07, 6.45) is -1.39. The maximum Gasteiger partial charge on any atom is 0.433 e. The molecule has 2 aromatic rings. The standard InChI is InChI=1S/C12H11F3N4O2/c13-12(14,15)10-2-1-8(3-16-10)5-19-6-9(18-7-19)4-17-11(20)21/h1-3,6-7,17H,4-5H2,(H,20,21). The summed E-state index contributed by atoms with van der Waals surface area (Å²) in [5.41, 5.74) is 0.152. The highest BCUT2D eigenvalue weighted by Crippen LogP contribution is 2.27. The average molecular weight is 300 g/mol. The summed E-state index contributed by atoms with van der Waals surface area (Å²) in [6, 6.07) is 2.25. The Morgan fingerprint density at radius 3 is 2.67 bits per heavy atom. The largest absolute Gasteiger partial charge is 0.465 e. The van der Waals surface area contributed by atoms with Gasteiger partial charge in [-0.25, -0.2) is 9.78 Å². The molecule has 0 aromatic carbocycles. The fourth-order valence-electron chi connectivity index (χ4n) is 1.65. The first-order valence-electron chi connectivity index (χ1n) is 5.84. The van der Waals surface area contributed by atoms with E-state index in [-0.39, 0.29) is 6.54 Å². The van der Waals surface area contributed by atoms with Gasteiger partial charge in [0.05, 0.1) is 25.1 Å². The van der Waals surface area contributed by atoms with Crippen molar-refractivity contribution in [3.63, 3.8) is 0 Å². The van der Waals surface area contributed by atoms with E-state index in [1.54, 1.807) is 10.8 Å². The fourth-order valence-corrected chi connectivity index (χ4v) is 1.65. The van der Waals surface area contributed by atoms with Crippen LogP contribution in [-0.2, 0) is 19.3 Å². The van der Waals surface area contributed by atoms with E-state index in [4.69, 9.17) is 5.11 Å². The predicted molar refractivity (Wildman–Crippen MR) is 65.4 cm³/mol. The molecule has 0 radical (unpaired) electrons. The Morgan fingerprint density at radius 1 is 1.33 bits per heavy atom. The number of imidazole rings is 1. The Hall–Kier alpha value is -2.58. The van der Waals surface area contributed by atoms with E-state index in [2.05, 4.69) is 15.3 Å². The summed E-state index contributed by atoms with van der Waals surface area (Å²) < 4.78 is 38.7. The van der Waals surface area contributed by atoms with Crippen molar-refractivity contribution in [1.82, 2.24) is 19.9 Å². The molecule has 2 aromatic heterocycles. The van der Waals surface area contributed by atoms with Gasteiger partial charge in [-0.3, -0.25) is 4.98 Å². The van der Waals surface area contributed by atoms with Crippen LogP contribution in [0.2, 0.25) is 0 Å². The molecule has 2 rings (SSSR count). The van der Waals surface area contributed by atoms with Gasteiger partial charge in [-0.15, -0.1) is 0 Å². The lowest BCUT2D eigenvalue weighted by atomic mass is 10.2. The minimum absolute atomic E-state index is 0.0631. The quantitative estimate of drug-likeness (QED) is 0.906. The Morgan fingerprint density at radius 2 is 2.10 bits per heavy atom. The number of alkyl halides is 3. The van der Waals surface area contributed by atoms with Crippen molar-refractivity contribution in [2.45, 2.75) is 19.3 Å². The summed E-state index contributed by atoms with van der Waals surface area (Å²) in [5, 5.41) is 10.6. The third-order valence-corrected chi connectivity index (χ3v) is 2.59. The molecule has 0 aliphatic rings. The Balaban J connectivity index is 2.00. The number of rotatable bonds is 4. The van der Waals surface area contributed by atoms with Gasteiger partial charge in [0.1, 0.15) is 5.69 Å². The average Bonchev–Trinajstić information content (AvgIpc) is 2.83. The van der Waals surface area contributed by atoms with E-state index in [1.807, 2.05) is 0 Å². The lowest BCUT2D eigenvalue weighted by Gasteiger charge is -2.06. The number of pyridine rings is 1. The molecular formula is C12H11F3N4O2. The highest BCUT2D eigenvalue weighted by atomic mass is 19.4. The van der Waals surface area contributed by atoms with E-state index in [9.17, 15) is 18.0 Å². The second-order valence-electron chi connectivity index (χ2n) is 4.25. The van der Waals surface area contributed by atoms with Crippen molar-refractivity contribution in [3.8, 4) is 0 Å². The first kappa shape index (κ1) is 14.8. The normalized spacial score (nSPS) is 11.4. The van der Waals surface area contributed by atoms with Gasteiger partial charge in [-0.05, 0) is 11.6 Å². The number of halogens is 3. The van der Waals surface area contributed by atoms with E-state index in [1.165, 1.54) is 12.4 Å². The Labute approximate surface area is 117 Å². The topological polar surface area (TPSA) is 80.0 Å². The van der Waals surface area contributed by atoms with Gasteiger partial charge >= 0.3 is 12.3 Å². The monoisotopic (exact) mass is 300 g/mol. The summed E-state index contributed by atoms with van der Waals surface area (Å²) in [4.78, 5) is 17.7. The molecule has 0 aliphatic heterocycles. The molecule has 0 fully saturated rings. The number of hydrogen-bond donors (Lipinski definition) is 2. The first-order chi connectivity index (χ1) is 9.84. The second kappa shape index (κ2) is 5.81. The van der Waals surface area contributed by atoms with Crippen molar-refractivity contribution >= 4 is 6.09 Å². The zero-order chi connectivity index (χ0) is 15.5. The van der Waals surface area contributed by atoms with Gasteiger partial charge in [-0.2, -0.15) is 13.2 Å². The predicted octanol–water partition coefficient (Wildman–Crippen LogP) is 2.11. The minimum Gasteiger partial charge on any atom is -0.465 e. The third kappa shape index (κ3) is 4.20. The maximum absolute atomic E-state index is 12.4. The molecule has 2 heterocycles. The number of nitrogens with one attached hydrogen (secondary N) is 1. The number of carbonyl (C=O) groups is 1. The van der Waals surface area contributed by atoms with Crippen LogP contribution in [0.25, 0.3) is 0 Å². The molecule has 112 valence electrons. The molecule has 0 unspecified atom stereocenters. The smallest absolute Gasteiger partial charge is 0.433 e. The van der Waals surface area contributed by atoms with Gasteiger partial charge in [-0.1, -0.05) is 6.07 Å². The molecule has 0 saturated heterocycles. The van der Waals surface area contributed by atoms with Crippen LogP contribution in [0.5, 0.6) is 0 Å². The number of aromatic nitrogens is 3. The summed E-state index contributed by atoms with van der Waals surface area (Å²) in [7, 11) is 0. The zero-order valence-electron chi connectivity index (χ0n) is 10.6. The van der Waals surface area contributed by atoms with Crippen molar-refractivity contribution in [1.29, 1.82) is 0 Å². The second-order valence-corrected chi connectivity index (χ2v) is 4.25. The molecule has 0 saturated carbocycles. The van der Waals surface area contributed by atoms with Gasteiger partial charge in [0.25, 0.3) is 0 Å². The highest BCUT2D eigenvalue weighted by Gasteiger charge is 2.31. The number of carboxylic acid groups (broad SMARTS) is 1. The van der Waals surface area contributed by atoms with E-state index in [0.29, 0.717) is 17.8 Å². The summed E-state index contributed by atoms with van der Waals surface area (Å²) in [6.45, 7) is 0.360. The Bertz CT molecular complexity index is 622. The summed E-state index contributed by atoms with van der Waals surface area (Å²) >= 11 is 0. The molecule has 9 heteroatoms. The molecule has 6 nitrogen and oxygen atoms in total. The van der Waals surface area contributed by atoms with Gasteiger partial charge in [0.15, 0.2) is 0 Å². The van der Waals surface area contributed by atoms with Gasteiger partial charge in [0.2, 0.25) is 0 Å². The molecule has 0 spiro atoms. The van der Waals surface area contributed by atoms with Crippen LogP contribution in [0.4, 0.5) is 18.0 Å². The minimum atomic E-state index is -4.46. The van der Waals surface area contributed by atoms with Gasteiger partial charge < -0.3 is 15.0 Å². The van der Waals surface area contributed by atoms with Crippen LogP contribution >= 0.6 is 0 Å². The van der Waals surface area contributed by atoms with Crippen LogP contribution in [0.1, 0.15) is 17.0 Å². The highest BCUT2D eigenvalue weighted by molar-refractivity contribution is 5.64. The van der Waals surface area contributed by atoms with Crippen molar-refractivity contribution in [3.05, 3.63) is 47.8 Å². The Kier molecular flexibility index (Phi) is 4.10. The van der Waals surface area contributed by atoms with Crippen LogP contribution in [0.15, 0.2) is 30.9 Å².